The molecule has 0 radical (unpaired) electrons. The Morgan fingerprint density at radius 2 is 1.52 bits per heavy atom. The molecule has 9 atom stereocenters. The maximum atomic E-state index is 13.7. The fourth-order valence-electron chi connectivity index (χ4n) is 10.1. The highest BCUT2D eigenvalue weighted by atomic mass is 16.6. The summed E-state index contributed by atoms with van der Waals surface area (Å²) in [6, 6.07) is 0. The van der Waals surface area contributed by atoms with Gasteiger partial charge in [0.05, 0.1) is 84.9 Å². The predicted molar refractivity (Wildman–Crippen MR) is 156 cm³/mol. The first-order chi connectivity index (χ1) is 20.4. The minimum atomic E-state index is -0.282. The number of hydrogen-bond acceptors (Lipinski definition) is 8. The predicted octanol–water partition coefficient (Wildman–Crippen LogP) is 3.13. The maximum Gasteiger partial charge on any atom is 0.247 e. The molecule has 2 N–H and O–H groups in total. The Morgan fingerprint density at radius 1 is 0.881 bits per heavy atom. The quantitative estimate of drug-likeness (QED) is 0.516. The minimum absolute atomic E-state index is 0.0143. The van der Waals surface area contributed by atoms with Crippen LogP contribution < -0.4 is 5.32 Å². The van der Waals surface area contributed by atoms with Gasteiger partial charge in [0.15, 0.2) is 0 Å². The summed E-state index contributed by atoms with van der Waals surface area (Å²) in [6.45, 7) is 10.5. The number of aliphatic hydroxyl groups is 1. The van der Waals surface area contributed by atoms with Crippen molar-refractivity contribution in [2.75, 3.05) is 79.2 Å². The monoisotopic (exact) mass is 591 g/mol. The van der Waals surface area contributed by atoms with E-state index >= 15 is 0 Å². The largest absolute Gasteiger partial charge is 0.393 e. The Kier molecular flexibility index (Phi) is 9.66. The molecule has 9 nitrogen and oxygen atoms in total. The van der Waals surface area contributed by atoms with E-state index in [1.807, 2.05) is 0 Å². The zero-order valence-electron chi connectivity index (χ0n) is 25.8. The van der Waals surface area contributed by atoms with E-state index in [2.05, 4.69) is 25.2 Å². The van der Waals surface area contributed by atoms with Crippen molar-refractivity contribution in [1.29, 1.82) is 0 Å². The summed E-state index contributed by atoms with van der Waals surface area (Å²) in [5, 5.41) is 14.6. The number of nitrogens with one attached hydrogen (secondary N) is 1. The van der Waals surface area contributed by atoms with Crippen LogP contribution in [0.4, 0.5) is 0 Å². The van der Waals surface area contributed by atoms with E-state index in [1.54, 1.807) is 0 Å². The van der Waals surface area contributed by atoms with Crippen molar-refractivity contribution in [3.05, 3.63) is 11.6 Å². The van der Waals surface area contributed by atoms with Crippen molar-refractivity contribution < 1.29 is 38.3 Å². The minimum Gasteiger partial charge on any atom is -0.393 e. The molecule has 0 bridgehead atoms. The second kappa shape index (κ2) is 13.1. The average molecular weight is 592 g/mol. The van der Waals surface area contributed by atoms with Gasteiger partial charge in [-0.05, 0) is 74.0 Å². The second-order valence-electron chi connectivity index (χ2n) is 14.1. The Morgan fingerprint density at radius 3 is 2.19 bits per heavy atom. The van der Waals surface area contributed by atoms with Gasteiger partial charge in [-0.25, -0.2) is 0 Å². The summed E-state index contributed by atoms with van der Waals surface area (Å²) in [4.78, 5) is 13.7. The van der Waals surface area contributed by atoms with Crippen LogP contribution >= 0.6 is 0 Å². The van der Waals surface area contributed by atoms with Crippen LogP contribution in [-0.4, -0.2) is 102 Å². The topological polar surface area (TPSA) is 105 Å². The first-order valence-electron chi connectivity index (χ1n) is 16.6. The van der Waals surface area contributed by atoms with Gasteiger partial charge in [-0.2, -0.15) is 0 Å². The van der Waals surface area contributed by atoms with Crippen molar-refractivity contribution in [3.8, 4) is 0 Å². The van der Waals surface area contributed by atoms with Gasteiger partial charge >= 0.3 is 0 Å². The van der Waals surface area contributed by atoms with E-state index in [4.69, 9.17) is 28.4 Å². The molecule has 4 saturated carbocycles. The zero-order chi connectivity index (χ0) is 29.2. The molecule has 6 rings (SSSR count). The smallest absolute Gasteiger partial charge is 0.247 e. The van der Waals surface area contributed by atoms with Crippen molar-refractivity contribution in [1.82, 2.24) is 5.32 Å². The molecule has 6 aliphatic rings. The van der Waals surface area contributed by atoms with E-state index in [-0.39, 0.29) is 34.4 Å². The number of ether oxygens (including phenoxy) is 6. The van der Waals surface area contributed by atoms with E-state index in [0.29, 0.717) is 97.0 Å². The Labute approximate surface area is 251 Å². The molecule has 0 aromatic carbocycles. The van der Waals surface area contributed by atoms with Crippen molar-refractivity contribution in [2.45, 2.75) is 71.0 Å². The fourth-order valence-corrected chi connectivity index (χ4v) is 10.1. The van der Waals surface area contributed by atoms with Gasteiger partial charge in [-0.3, -0.25) is 4.79 Å². The average Bonchev–Trinajstić information content (AvgIpc) is 3.50. The summed E-state index contributed by atoms with van der Waals surface area (Å²) >= 11 is 0. The summed E-state index contributed by atoms with van der Waals surface area (Å²) in [5.41, 5.74) is 1.25. The van der Waals surface area contributed by atoms with Gasteiger partial charge in [0.1, 0.15) is 0 Å². The Bertz CT molecular complexity index is 958. The van der Waals surface area contributed by atoms with Gasteiger partial charge in [-0.1, -0.05) is 19.9 Å². The molecule has 1 amide bonds. The van der Waals surface area contributed by atoms with Crippen LogP contribution in [0.2, 0.25) is 0 Å². The molecular weight excluding hydrogens is 538 g/mol. The van der Waals surface area contributed by atoms with E-state index in [1.165, 1.54) is 25.7 Å². The number of allylic oxidation sites excluding steroid dienone is 1. The van der Waals surface area contributed by atoms with Gasteiger partial charge in [-0.15, -0.1) is 0 Å². The van der Waals surface area contributed by atoms with Crippen LogP contribution in [0.5, 0.6) is 0 Å². The summed E-state index contributed by atoms with van der Waals surface area (Å²) < 4.78 is 34.1. The molecule has 9 heteroatoms. The van der Waals surface area contributed by atoms with Crippen molar-refractivity contribution in [3.63, 3.8) is 0 Å². The van der Waals surface area contributed by atoms with Crippen LogP contribution in [0.25, 0.3) is 0 Å². The zero-order valence-corrected chi connectivity index (χ0v) is 25.8. The van der Waals surface area contributed by atoms with Crippen LogP contribution in [0.3, 0.4) is 0 Å². The Balaban J connectivity index is 1.02. The molecule has 1 aliphatic heterocycles. The number of fused-ring (bicyclic) bond motifs is 4. The lowest BCUT2D eigenvalue weighted by atomic mass is 9.45. The number of carbonyl (C=O) groups excluding carboxylic acids is 1. The molecule has 0 aromatic rings. The highest BCUT2D eigenvalue weighted by Crippen LogP contribution is 2.81. The molecule has 0 aromatic heterocycles. The van der Waals surface area contributed by atoms with Crippen LogP contribution in [0.1, 0.15) is 58.8 Å². The fraction of sp³-hybridized carbons (Fsp3) is 0.909. The molecule has 5 fully saturated rings. The number of aliphatic hydroxyl groups excluding tert-OH is 1. The van der Waals surface area contributed by atoms with Crippen LogP contribution in [0.15, 0.2) is 11.6 Å². The molecule has 238 valence electrons. The first kappa shape index (κ1) is 30.9. The highest BCUT2D eigenvalue weighted by Gasteiger charge is 2.77. The molecular formula is C33H53NO8. The van der Waals surface area contributed by atoms with E-state index in [0.717, 1.165) is 30.8 Å². The second-order valence-corrected chi connectivity index (χ2v) is 14.1. The third-order valence-electron chi connectivity index (χ3n) is 12.3. The van der Waals surface area contributed by atoms with Crippen LogP contribution in [-0.2, 0) is 33.2 Å². The molecule has 1 spiro atoms. The molecule has 5 aliphatic carbocycles. The number of amides is 1. The normalized spacial score (nSPS) is 45.3. The van der Waals surface area contributed by atoms with E-state index < -0.39 is 0 Å². The van der Waals surface area contributed by atoms with Gasteiger partial charge in [0, 0.05) is 22.9 Å². The van der Waals surface area contributed by atoms with Crippen molar-refractivity contribution in [2.24, 2.45) is 39.9 Å². The standard InChI is InChI=1S/C33H53NO8/c1-31-7-6-27-25(19-29(35)33-20-23(33)5-8-32(27,33)2)26(31)3-4-28(31)30(36)34-21-24-22-41-16-15-39-12-11-37-9-10-38-13-14-40-17-18-42-24/h4,23-27,29,35H,3,5-22H2,1-2H3,(H,34,36)/t23-,24?,25-,26-,27-,29-,31-,32+,33+/m0/s1. The summed E-state index contributed by atoms with van der Waals surface area (Å²) in [7, 11) is 0. The molecule has 1 unspecified atom stereocenters. The Hall–Kier alpha value is -1.07. The lowest BCUT2D eigenvalue weighted by molar-refractivity contribution is -0.144. The van der Waals surface area contributed by atoms with E-state index in [9.17, 15) is 9.90 Å². The molecule has 1 saturated heterocycles. The number of rotatable bonds is 3. The molecule has 42 heavy (non-hydrogen) atoms. The first-order valence-corrected chi connectivity index (χ1v) is 16.6. The SMILES string of the molecule is C[C@]12CC[C@H]3[C@@H](C[C@H](O)[C@@]45C[C@@H]4CC[C@]35C)[C@@H]1CC=C2C(=O)NCC1COCCOCCOCCOCCOCCO1. The molecule has 1 heterocycles. The van der Waals surface area contributed by atoms with Gasteiger partial charge in [0.2, 0.25) is 5.91 Å². The highest BCUT2D eigenvalue weighted by molar-refractivity contribution is 5.95. The lowest BCUT2D eigenvalue weighted by Gasteiger charge is -2.59. The summed E-state index contributed by atoms with van der Waals surface area (Å²) in [6.07, 6.45) is 9.61. The van der Waals surface area contributed by atoms with Gasteiger partial charge in [0.25, 0.3) is 0 Å². The number of carbonyl (C=O) groups is 1. The van der Waals surface area contributed by atoms with Gasteiger partial charge < -0.3 is 38.8 Å². The summed E-state index contributed by atoms with van der Waals surface area (Å²) in [5.74, 6) is 2.36. The number of hydrogen-bond donors (Lipinski definition) is 2. The maximum absolute atomic E-state index is 13.7. The third-order valence-corrected chi connectivity index (χ3v) is 12.3. The third kappa shape index (κ3) is 5.72. The van der Waals surface area contributed by atoms with Crippen LogP contribution in [0, 0.1) is 39.9 Å². The lowest BCUT2D eigenvalue weighted by Crippen LogP contribution is -2.56. The van der Waals surface area contributed by atoms with Crippen molar-refractivity contribution >= 4 is 5.91 Å².